The fourth-order valence-electron chi connectivity index (χ4n) is 3.97. The van der Waals surface area contributed by atoms with Crippen LogP contribution in [0.4, 0.5) is 0 Å². The van der Waals surface area contributed by atoms with Gasteiger partial charge in [0.1, 0.15) is 0 Å². The third-order valence-corrected chi connectivity index (χ3v) is 11.2. The zero-order chi connectivity index (χ0) is 25.1. The number of benzene rings is 3. The van der Waals surface area contributed by atoms with Crippen LogP contribution in [-0.2, 0) is 13.3 Å². The van der Waals surface area contributed by atoms with Gasteiger partial charge in [0, 0.05) is 37.1 Å². The highest BCUT2D eigenvalue weighted by atomic mass is 31.1. The second kappa shape index (κ2) is 13.7. The Balaban J connectivity index is 2.29. The molecule has 0 fully saturated rings. The minimum absolute atomic E-state index is 0.101. The summed E-state index contributed by atoms with van der Waals surface area (Å²) in [5, 5.41) is 7.38. The topological polar surface area (TPSA) is 56.8 Å². The molecule has 0 radical (unpaired) electrons. The summed E-state index contributed by atoms with van der Waals surface area (Å²) in [6, 6.07) is 26.9. The fourth-order valence-corrected chi connectivity index (χ4v) is 9.62. The van der Waals surface area contributed by atoms with Crippen molar-refractivity contribution in [3.63, 3.8) is 0 Å². The zero-order valence-electron chi connectivity index (χ0n) is 21.1. The largest absolute Gasteiger partial charge is 0.537 e. The molecule has 0 aliphatic heterocycles. The first kappa shape index (κ1) is 27.2. The van der Waals surface area contributed by atoms with E-state index in [1.165, 1.54) is 10.6 Å². The van der Waals surface area contributed by atoms with Gasteiger partial charge in [-0.15, -0.1) is 0 Å². The van der Waals surface area contributed by atoms with Crippen LogP contribution in [0.3, 0.4) is 0 Å². The molecular weight excluding hydrogens is 473 g/mol. The van der Waals surface area contributed by atoms with Crippen LogP contribution in [0.25, 0.3) is 0 Å². The first-order chi connectivity index (χ1) is 17.1. The second-order valence-electron chi connectivity index (χ2n) is 7.85. The molecule has 0 unspecified atom stereocenters. The molecule has 35 heavy (non-hydrogen) atoms. The normalized spacial score (nSPS) is 11.6. The molecule has 186 valence electrons. The Morgan fingerprint density at radius 1 is 0.771 bits per heavy atom. The van der Waals surface area contributed by atoms with Gasteiger partial charge in [-0.2, -0.15) is 0 Å². The molecule has 0 heterocycles. The highest BCUT2D eigenvalue weighted by molar-refractivity contribution is 7.80. The van der Waals surface area contributed by atoms with Crippen LogP contribution < -0.4 is 26.4 Å². The highest BCUT2D eigenvalue weighted by Crippen LogP contribution is 2.33. The lowest BCUT2D eigenvalue weighted by atomic mass is 10.2. The highest BCUT2D eigenvalue weighted by Gasteiger charge is 2.46. The molecule has 1 N–H and O–H groups in total. The molecule has 0 spiro atoms. The van der Waals surface area contributed by atoms with Gasteiger partial charge in [0.25, 0.3) is 5.91 Å². The smallest absolute Gasteiger partial charge is 0.370 e. The Kier molecular flexibility index (Phi) is 10.6. The van der Waals surface area contributed by atoms with Crippen molar-refractivity contribution in [1.29, 1.82) is 0 Å². The average Bonchev–Trinajstić information content (AvgIpc) is 2.89. The number of carbonyl (C=O) groups is 1. The third kappa shape index (κ3) is 6.66. The van der Waals surface area contributed by atoms with Crippen molar-refractivity contribution >= 4 is 43.7 Å². The van der Waals surface area contributed by atoms with E-state index in [-0.39, 0.29) is 5.91 Å². The summed E-state index contributed by atoms with van der Waals surface area (Å²) < 4.78 is 19.0. The average molecular weight is 510 g/mol. The molecule has 5 nitrogen and oxygen atoms in total. The number of carbonyl (C=O) groups excluding carboxylic acids is 1. The minimum atomic E-state index is -3.32. The van der Waals surface area contributed by atoms with Crippen molar-refractivity contribution in [2.75, 3.05) is 26.4 Å². The minimum Gasteiger partial charge on any atom is -0.370 e. The molecule has 3 aromatic rings. The molecule has 0 aromatic heterocycles. The Bertz CT molecular complexity index is 1010. The van der Waals surface area contributed by atoms with Crippen LogP contribution in [0.15, 0.2) is 78.9 Å². The van der Waals surface area contributed by atoms with Crippen LogP contribution in [0, 0.1) is 0 Å². The van der Waals surface area contributed by atoms with Crippen molar-refractivity contribution in [1.82, 2.24) is 5.32 Å². The lowest BCUT2D eigenvalue weighted by Gasteiger charge is -2.32. The van der Waals surface area contributed by atoms with E-state index in [2.05, 4.69) is 59.9 Å². The van der Waals surface area contributed by atoms with Crippen LogP contribution in [0.1, 0.15) is 44.5 Å². The molecule has 0 saturated heterocycles. The zero-order valence-corrected chi connectivity index (χ0v) is 23.0. The number of hydrogen-bond donors (Lipinski definition) is 1. The Hall–Kier alpha value is -2.34. The van der Waals surface area contributed by atoms with Crippen LogP contribution in [0.5, 0.6) is 0 Å². The number of nitrogens with one attached hydrogen (secondary N) is 1. The standard InChI is InChI=1S/C28H36NO4PSi/c1-5-21-29-28(30)23-19-20-26(27(22-23)35(31-6-2,32-7-3)33-8-4)34(24-15-11-9-12-16-24)25-17-13-10-14-18-25/h9-20,22H,5-8,21H2,1-4H3,(H,29,30). The van der Waals surface area contributed by atoms with E-state index in [1.54, 1.807) is 0 Å². The molecule has 7 heteroatoms. The number of amides is 1. The summed E-state index contributed by atoms with van der Waals surface area (Å²) in [6.45, 7) is 9.88. The van der Waals surface area contributed by atoms with E-state index in [9.17, 15) is 4.79 Å². The predicted octanol–water partition coefficient (Wildman–Crippen LogP) is 3.84. The monoisotopic (exact) mass is 509 g/mol. The van der Waals surface area contributed by atoms with Crippen molar-refractivity contribution in [3.8, 4) is 0 Å². The molecule has 0 aliphatic rings. The summed E-state index contributed by atoms with van der Waals surface area (Å²) in [6.07, 6.45) is 0.875. The van der Waals surface area contributed by atoms with Gasteiger partial charge in [-0.3, -0.25) is 4.79 Å². The molecule has 0 aliphatic carbocycles. The molecule has 0 atom stereocenters. The van der Waals surface area contributed by atoms with Gasteiger partial charge in [0.05, 0.1) is 0 Å². The van der Waals surface area contributed by atoms with E-state index in [0.29, 0.717) is 31.9 Å². The quantitative estimate of drug-likeness (QED) is 0.281. The Morgan fingerprint density at radius 2 is 1.29 bits per heavy atom. The van der Waals surface area contributed by atoms with Gasteiger partial charge in [-0.25, -0.2) is 0 Å². The second-order valence-corrected chi connectivity index (χ2v) is 12.6. The van der Waals surface area contributed by atoms with E-state index < -0.39 is 16.7 Å². The Morgan fingerprint density at radius 3 is 1.74 bits per heavy atom. The molecule has 3 rings (SSSR count). The van der Waals surface area contributed by atoms with Gasteiger partial charge in [-0.1, -0.05) is 73.7 Å². The van der Waals surface area contributed by atoms with Gasteiger partial charge in [0.15, 0.2) is 0 Å². The van der Waals surface area contributed by atoms with Crippen molar-refractivity contribution < 1.29 is 18.1 Å². The first-order valence-electron chi connectivity index (χ1n) is 12.3. The maximum absolute atomic E-state index is 13.0. The van der Waals surface area contributed by atoms with Gasteiger partial charge < -0.3 is 18.6 Å². The first-order valence-corrected chi connectivity index (χ1v) is 15.4. The summed E-state index contributed by atoms with van der Waals surface area (Å²) in [7, 11) is -4.26. The van der Waals surface area contributed by atoms with Crippen molar-refractivity contribution in [3.05, 3.63) is 84.4 Å². The SMILES string of the molecule is CCCNC(=O)c1ccc(P(c2ccccc2)c2ccccc2)c([Si](OCC)(OCC)OCC)c1. The summed E-state index contributed by atoms with van der Waals surface area (Å²) in [5.41, 5.74) is 0.587. The summed E-state index contributed by atoms with van der Waals surface area (Å²) in [5.74, 6) is -0.101. The van der Waals surface area contributed by atoms with E-state index in [4.69, 9.17) is 13.3 Å². The van der Waals surface area contributed by atoms with Crippen LogP contribution in [0.2, 0.25) is 0 Å². The van der Waals surface area contributed by atoms with Gasteiger partial charge in [0.2, 0.25) is 0 Å². The fraction of sp³-hybridized carbons (Fsp3) is 0.321. The lowest BCUT2D eigenvalue weighted by Crippen LogP contribution is -2.61. The molecule has 1 amide bonds. The number of hydrogen-bond acceptors (Lipinski definition) is 4. The van der Waals surface area contributed by atoms with Gasteiger partial charge in [-0.05, 0) is 63.2 Å². The van der Waals surface area contributed by atoms with Crippen LogP contribution in [-0.4, -0.2) is 41.1 Å². The van der Waals surface area contributed by atoms with Crippen molar-refractivity contribution in [2.24, 2.45) is 0 Å². The molecule has 0 saturated carbocycles. The van der Waals surface area contributed by atoms with E-state index in [0.717, 1.165) is 16.9 Å². The maximum atomic E-state index is 13.0. The molecular formula is C28H36NO4PSi. The van der Waals surface area contributed by atoms with E-state index >= 15 is 0 Å². The number of rotatable bonds is 13. The van der Waals surface area contributed by atoms with Crippen molar-refractivity contribution in [2.45, 2.75) is 34.1 Å². The van der Waals surface area contributed by atoms with Crippen LogP contribution >= 0.6 is 7.92 Å². The lowest BCUT2D eigenvalue weighted by molar-refractivity contribution is 0.0861. The maximum Gasteiger partial charge on any atom is 0.537 e. The molecule has 0 bridgehead atoms. The predicted molar refractivity (Wildman–Crippen MR) is 148 cm³/mol. The summed E-state index contributed by atoms with van der Waals surface area (Å²) >= 11 is 0. The summed E-state index contributed by atoms with van der Waals surface area (Å²) in [4.78, 5) is 13.0. The third-order valence-electron chi connectivity index (χ3n) is 5.40. The Labute approximate surface area is 211 Å². The van der Waals surface area contributed by atoms with E-state index in [1.807, 2.05) is 52.0 Å². The van der Waals surface area contributed by atoms with Gasteiger partial charge >= 0.3 is 8.80 Å². The molecule has 3 aromatic carbocycles.